The van der Waals surface area contributed by atoms with Crippen molar-refractivity contribution in [1.82, 2.24) is 4.98 Å². The van der Waals surface area contributed by atoms with Crippen molar-refractivity contribution < 1.29 is 37.0 Å². The van der Waals surface area contributed by atoms with Gasteiger partial charge in [0.1, 0.15) is 23.4 Å². The highest BCUT2D eigenvalue weighted by Crippen LogP contribution is 2.54. The average molecular weight is 441 g/mol. The van der Waals surface area contributed by atoms with Gasteiger partial charge in [-0.15, -0.1) is 0 Å². The predicted octanol–water partition coefficient (Wildman–Crippen LogP) is 3.10. The molecule has 11 heteroatoms. The van der Waals surface area contributed by atoms with Gasteiger partial charge in [0, 0.05) is 35.3 Å². The molecule has 2 amide bonds. The van der Waals surface area contributed by atoms with Gasteiger partial charge < -0.3 is 20.9 Å². The summed E-state index contributed by atoms with van der Waals surface area (Å²) in [5.74, 6) is -5.74. The molecule has 2 aromatic rings. The molecule has 0 spiro atoms. The normalized spacial score (nSPS) is 25.9. The Kier molecular flexibility index (Phi) is 5.66. The second kappa shape index (κ2) is 7.80. The van der Waals surface area contributed by atoms with Gasteiger partial charge in [0.2, 0.25) is 0 Å². The fourth-order valence-electron chi connectivity index (χ4n) is 3.68. The largest absolute Gasteiger partial charge is 0.508 e. The Labute approximate surface area is 174 Å². The third kappa shape index (κ3) is 4.05. The van der Waals surface area contributed by atoms with Gasteiger partial charge in [-0.25, -0.2) is 4.39 Å². The molecule has 0 saturated carbocycles. The summed E-state index contributed by atoms with van der Waals surface area (Å²) in [7, 11) is 0. The van der Waals surface area contributed by atoms with E-state index >= 15 is 0 Å². The first-order chi connectivity index (χ1) is 14.3. The first kappa shape index (κ1) is 22.5. The number of primary amides is 1. The molecule has 1 fully saturated rings. The SMILES string of the molecule is C[C@@H]1[C@H](c2ccc(F)cc2O)[C@H](C(=O)Nc2ccnc(C(N)=O)c2)O[C@@]1(C)C(F)(F)F. The number of carbonyl (C=O) groups is 2. The molecule has 1 saturated heterocycles. The standard InChI is InChI=1S/C20H19F4N3O4/c1-9-15(12-4-3-10(21)7-14(12)28)16(31-19(9,2)20(22,23)24)18(30)27-11-5-6-26-13(8-11)17(25)29/h3-9,15-16,28H,1-2H3,(H2,25,29)(H,26,27,30)/t9-,15-,16-,19-/m1/s1. The van der Waals surface area contributed by atoms with Crippen molar-refractivity contribution in [1.29, 1.82) is 0 Å². The summed E-state index contributed by atoms with van der Waals surface area (Å²) < 4.78 is 60.1. The summed E-state index contributed by atoms with van der Waals surface area (Å²) in [5.41, 5.74) is 2.27. The predicted molar refractivity (Wildman–Crippen MR) is 101 cm³/mol. The molecule has 4 atom stereocenters. The van der Waals surface area contributed by atoms with Crippen LogP contribution in [0.4, 0.5) is 23.2 Å². The highest BCUT2D eigenvalue weighted by atomic mass is 19.4. The molecule has 3 rings (SSSR count). The Morgan fingerprint density at radius 1 is 1.26 bits per heavy atom. The van der Waals surface area contributed by atoms with Gasteiger partial charge in [-0.05, 0) is 25.1 Å². The number of phenols is 1. The van der Waals surface area contributed by atoms with Crippen molar-refractivity contribution in [2.24, 2.45) is 11.7 Å². The van der Waals surface area contributed by atoms with Crippen molar-refractivity contribution in [2.45, 2.75) is 37.6 Å². The molecule has 1 aliphatic heterocycles. The van der Waals surface area contributed by atoms with E-state index in [-0.39, 0.29) is 16.9 Å². The number of pyridine rings is 1. The Bertz CT molecular complexity index is 1030. The number of nitrogens with zero attached hydrogens (tertiary/aromatic N) is 1. The van der Waals surface area contributed by atoms with E-state index < -0.39 is 53.1 Å². The Balaban J connectivity index is 2.01. The van der Waals surface area contributed by atoms with E-state index in [1.54, 1.807) is 0 Å². The minimum Gasteiger partial charge on any atom is -0.508 e. The molecule has 0 aliphatic carbocycles. The molecule has 1 aromatic heterocycles. The van der Waals surface area contributed by atoms with E-state index in [0.29, 0.717) is 0 Å². The van der Waals surface area contributed by atoms with E-state index in [0.717, 1.165) is 31.2 Å². The zero-order valence-corrected chi connectivity index (χ0v) is 16.4. The van der Waals surface area contributed by atoms with E-state index in [4.69, 9.17) is 10.5 Å². The van der Waals surface area contributed by atoms with Crippen LogP contribution in [-0.2, 0) is 9.53 Å². The topological polar surface area (TPSA) is 115 Å². The number of amides is 2. The number of nitrogens with one attached hydrogen (secondary N) is 1. The third-order valence-corrected chi connectivity index (χ3v) is 5.56. The zero-order chi connectivity index (χ0) is 23.1. The van der Waals surface area contributed by atoms with E-state index in [2.05, 4.69) is 10.3 Å². The van der Waals surface area contributed by atoms with Crippen LogP contribution in [0.5, 0.6) is 5.75 Å². The first-order valence-corrected chi connectivity index (χ1v) is 9.15. The lowest BCUT2D eigenvalue weighted by molar-refractivity contribution is -0.272. The molecule has 4 N–H and O–H groups in total. The Hall–Kier alpha value is -3.21. The van der Waals surface area contributed by atoms with Crippen LogP contribution in [0.3, 0.4) is 0 Å². The number of alkyl halides is 3. The zero-order valence-electron chi connectivity index (χ0n) is 16.4. The fourth-order valence-corrected chi connectivity index (χ4v) is 3.68. The molecule has 0 unspecified atom stereocenters. The van der Waals surface area contributed by atoms with Crippen molar-refractivity contribution in [3.8, 4) is 5.75 Å². The van der Waals surface area contributed by atoms with Crippen molar-refractivity contribution in [3.63, 3.8) is 0 Å². The number of halogens is 4. The first-order valence-electron chi connectivity index (χ1n) is 9.15. The summed E-state index contributed by atoms with van der Waals surface area (Å²) in [4.78, 5) is 27.9. The summed E-state index contributed by atoms with van der Waals surface area (Å²) in [5, 5.41) is 12.5. The highest BCUT2D eigenvalue weighted by molar-refractivity contribution is 5.97. The number of aromatic hydroxyl groups is 1. The fraction of sp³-hybridized carbons (Fsp3) is 0.350. The lowest BCUT2D eigenvalue weighted by atomic mass is 9.77. The van der Waals surface area contributed by atoms with Gasteiger partial charge in [-0.1, -0.05) is 13.0 Å². The molecule has 166 valence electrons. The number of rotatable bonds is 4. The van der Waals surface area contributed by atoms with Crippen molar-refractivity contribution >= 4 is 17.5 Å². The van der Waals surface area contributed by atoms with Crippen LogP contribution >= 0.6 is 0 Å². The van der Waals surface area contributed by atoms with Crippen LogP contribution in [-0.4, -0.2) is 39.8 Å². The molecule has 2 heterocycles. The maximum absolute atomic E-state index is 13.8. The lowest BCUT2D eigenvalue weighted by Crippen LogP contribution is -2.47. The Morgan fingerprint density at radius 2 is 1.94 bits per heavy atom. The second-order valence-corrected chi connectivity index (χ2v) is 7.44. The molecule has 1 aliphatic rings. The quantitative estimate of drug-likeness (QED) is 0.631. The van der Waals surface area contributed by atoms with Crippen molar-refractivity contribution in [3.05, 3.63) is 53.6 Å². The van der Waals surface area contributed by atoms with Crippen LogP contribution in [0, 0.1) is 11.7 Å². The maximum Gasteiger partial charge on any atom is 0.417 e. The van der Waals surface area contributed by atoms with Gasteiger partial charge >= 0.3 is 6.18 Å². The van der Waals surface area contributed by atoms with E-state index in [1.165, 1.54) is 19.2 Å². The number of phenolic OH excluding ortho intramolecular Hbond substituents is 1. The summed E-state index contributed by atoms with van der Waals surface area (Å²) >= 11 is 0. The monoisotopic (exact) mass is 441 g/mol. The van der Waals surface area contributed by atoms with Crippen LogP contribution in [0.15, 0.2) is 36.5 Å². The average Bonchev–Trinajstić information content (AvgIpc) is 2.94. The van der Waals surface area contributed by atoms with Gasteiger partial charge in [0.25, 0.3) is 11.8 Å². The molecular formula is C20H19F4N3O4. The number of benzene rings is 1. The van der Waals surface area contributed by atoms with Gasteiger partial charge in [0.05, 0.1) is 0 Å². The Morgan fingerprint density at radius 3 is 2.52 bits per heavy atom. The van der Waals surface area contributed by atoms with Crippen LogP contribution in [0.1, 0.15) is 35.8 Å². The minimum absolute atomic E-state index is 0.0606. The highest BCUT2D eigenvalue weighted by Gasteiger charge is 2.65. The minimum atomic E-state index is -4.83. The molecular weight excluding hydrogens is 422 g/mol. The van der Waals surface area contributed by atoms with Gasteiger partial charge in [0.15, 0.2) is 5.60 Å². The van der Waals surface area contributed by atoms with Gasteiger partial charge in [-0.3, -0.25) is 14.6 Å². The van der Waals surface area contributed by atoms with E-state index in [9.17, 15) is 32.3 Å². The molecule has 0 radical (unpaired) electrons. The number of anilines is 1. The number of hydrogen-bond donors (Lipinski definition) is 3. The molecule has 31 heavy (non-hydrogen) atoms. The third-order valence-electron chi connectivity index (χ3n) is 5.56. The summed E-state index contributed by atoms with van der Waals surface area (Å²) in [6.07, 6.45) is -5.31. The number of ether oxygens (including phenoxy) is 1. The summed E-state index contributed by atoms with van der Waals surface area (Å²) in [6, 6.07) is 5.32. The maximum atomic E-state index is 13.8. The van der Waals surface area contributed by atoms with Gasteiger partial charge in [-0.2, -0.15) is 13.2 Å². The molecule has 7 nitrogen and oxygen atoms in total. The number of aromatic nitrogens is 1. The molecule has 1 aromatic carbocycles. The van der Waals surface area contributed by atoms with Crippen LogP contribution < -0.4 is 11.1 Å². The number of hydrogen-bond acceptors (Lipinski definition) is 5. The second-order valence-electron chi connectivity index (χ2n) is 7.44. The van der Waals surface area contributed by atoms with E-state index in [1.807, 2.05) is 0 Å². The summed E-state index contributed by atoms with van der Waals surface area (Å²) in [6.45, 7) is 2.06. The number of carbonyl (C=O) groups excluding carboxylic acids is 2. The van der Waals surface area contributed by atoms with Crippen molar-refractivity contribution in [2.75, 3.05) is 5.32 Å². The smallest absolute Gasteiger partial charge is 0.417 e. The molecule has 0 bridgehead atoms. The number of nitrogens with two attached hydrogens (primary N) is 1. The van der Waals surface area contributed by atoms with Crippen LogP contribution in [0.25, 0.3) is 0 Å². The van der Waals surface area contributed by atoms with Crippen LogP contribution in [0.2, 0.25) is 0 Å². The lowest BCUT2D eigenvalue weighted by Gasteiger charge is -2.31.